The van der Waals surface area contributed by atoms with E-state index in [2.05, 4.69) is 0 Å². The van der Waals surface area contributed by atoms with Crippen LogP contribution in [0.4, 0.5) is 0 Å². The zero-order valence-electron chi connectivity index (χ0n) is 18.3. The maximum Gasteiger partial charge on any atom is 0.231 e. The molecule has 0 amide bonds. The van der Waals surface area contributed by atoms with Crippen molar-refractivity contribution in [1.82, 2.24) is 0 Å². The fourth-order valence-corrected chi connectivity index (χ4v) is 3.58. The number of hydrogen-bond donors (Lipinski definition) is 0. The molecule has 0 spiro atoms. The van der Waals surface area contributed by atoms with Gasteiger partial charge in [0.05, 0.1) is 19.8 Å². The predicted molar refractivity (Wildman–Crippen MR) is 125 cm³/mol. The van der Waals surface area contributed by atoms with Crippen LogP contribution in [0.3, 0.4) is 0 Å². The van der Waals surface area contributed by atoms with Gasteiger partial charge in [-0.1, -0.05) is 48.5 Å². The molecule has 0 aromatic heterocycles. The van der Waals surface area contributed by atoms with Gasteiger partial charge in [-0.25, -0.2) is 0 Å². The Morgan fingerprint density at radius 1 is 0.906 bits per heavy atom. The van der Waals surface area contributed by atoms with E-state index in [4.69, 9.17) is 18.9 Å². The molecule has 0 atom stereocenters. The number of hydrogen-bond acceptors (Lipinski definition) is 5. The van der Waals surface area contributed by atoms with Crippen molar-refractivity contribution in [1.29, 1.82) is 0 Å². The van der Waals surface area contributed by atoms with Gasteiger partial charge >= 0.3 is 0 Å². The number of Topliss-reactive ketones (excluding diaryl/α,β-unsaturated/α-hetero) is 1. The van der Waals surface area contributed by atoms with Crippen molar-refractivity contribution in [2.75, 3.05) is 20.8 Å². The normalized spacial score (nSPS) is 13.8. The maximum absolute atomic E-state index is 12.9. The fraction of sp³-hybridized carbons (Fsp3) is 0.148. The van der Waals surface area contributed by atoms with E-state index in [1.54, 1.807) is 38.5 Å². The number of ether oxygens (including phenoxy) is 4. The topological polar surface area (TPSA) is 54.0 Å². The molecule has 0 N–H and O–H groups in total. The van der Waals surface area contributed by atoms with Gasteiger partial charge in [0.2, 0.25) is 5.78 Å². The van der Waals surface area contributed by atoms with Crippen LogP contribution in [0.2, 0.25) is 0 Å². The Hall–Kier alpha value is -3.99. The molecule has 3 aromatic rings. The van der Waals surface area contributed by atoms with Crippen LogP contribution in [0, 0.1) is 6.92 Å². The molecule has 5 nitrogen and oxygen atoms in total. The largest absolute Gasteiger partial charge is 0.493 e. The molecule has 0 unspecified atom stereocenters. The Morgan fingerprint density at radius 3 is 2.47 bits per heavy atom. The zero-order chi connectivity index (χ0) is 22.5. The van der Waals surface area contributed by atoms with Crippen molar-refractivity contribution < 1.29 is 23.7 Å². The summed E-state index contributed by atoms with van der Waals surface area (Å²) in [6.45, 7) is 2.30. The Bertz CT molecular complexity index is 1190. The number of para-hydroxylation sites is 1. The number of carbonyl (C=O) groups is 1. The van der Waals surface area contributed by atoms with E-state index in [0.29, 0.717) is 40.7 Å². The number of allylic oxidation sites excluding steroid dienone is 1. The first kappa shape index (κ1) is 21.2. The van der Waals surface area contributed by atoms with E-state index >= 15 is 0 Å². The summed E-state index contributed by atoms with van der Waals surface area (Å²) in [7, 11) is 3.13. The van der Waals surface area contributed by atoms with Crippen LogP contribution in [-0.2, 0) is 0 Å². The molecule has 0 radical (unpaired) electrons. The molecule has 1 aliphatic heterocycles. The van der Waals surface area contributed by atoms with Gasteiger partial charge in [-0.05, 0) is 42.8 Å². The highest BCUT2D eigenvalue weighted by Crippen LogP contribution is 2.40. The average molecular weight is 428 g/mol. The maximum atomic E-state index is 12.9. The molecule has 32 heavy (non-hydrogen) atoms. The molecule has 0 saturated heterocycles. The van der Waals surface area contributed by atoms with Crippen molar-refractivity contribution in [3.05, 3.63) is 94.8 Å². The molecule has 1 aliphatic rings. The Labute approximate surface area is 187 Å². The standard InChI is InChI=1S/C27H24O5/c1-18-22(31-16-8-11-19-9-5-4-6-10-19)15-14-21-25(28)24(32-26(18)21)17-20-12-7-13-23(29-2)27(20)30-3/h4-15,17H,16H2,1-3H3/b11-8+,24-17-. The summed E-state index contributed by atoms with van der Waals surface area (Å²) in [6.07, 6.45) is 5.63. The van der Waals surface area contributed by atoms with E-state index in [0.717, 1.165) is 11.1 Å². The van der Waals surface area contributed by atoms with Crippen LogP contribution >= 0.6 is 0 Å². The van der Waals surface area contributed by atoms with Gasteiger partial charge in [0, 0.05) is 11.1 Å². The Kier molecular flexibility index (Phi) is 6.26. The monoisotopic (exact) mass is 428 g/mol. The third-order valence-corrected chi connectivity index (χ3v) is 5.20. The summed E-state index contributed by atoms with van der Waals surface area (Å²) in [5.41, 5.74) is 3.11. The highest BCUT2D eigenvalue weighted by Gasteiger charge is 2.30. The molecule has 0 aliphatic carbocycles. The highest BCUT2D eigenvalue weighted by atomic mass is 16.5. The van der Waals surface area contributed by atoms with Crippen molar-refractivity contribution in [3.8, 4) is 23.0 Å². The zero-order valence-corrected chi connectivity index (χ0v) is 18.3. The minimum absolute atomic E-state index is 0.177. The summed E-state index contributed by atoms with van der Waals surface area (Å²) in [4.78, 5) is 12.9. The molecule has 1 heterocycles. The van der Waals surface area contributed by atoms with E-state index in [1.807, 2.05) is 61.5 Å². The molecule has 0 fully saturated rings. The lowest BCUT2D eigenvalue weighted by Gasteiger charge is -2.11. The lowest BCUT2D eigenvalue weighted by atomic mass is 10.1. The molecule has 5 heteroatoms. The predicted octanol–water partition coefficient (Wildman–Crippen LogP) is 5.72. The van der Waals surface area contributed by atoms with Crippen LogP contribution in [0.15, 0.2) is 72.5 Å². The Morgan fingerprint density at radius 2 is 1.72 bits per heavy atom. The smallest absolute Gasteiger partial charge is 0.231 e. The van der Waals surface area contributed by atoms with Crippen molar-refractivity contribution >= 4 is 17.9 Å². The van der Waals surface area contributed by atoms with Crippen LogP contribution in [0.1, 0.15) is 27.0 Å². The number of rotatable bonds is 7. The summed E-state index contributed by atoms with van der Waals surface area (Å²) >= 11 is 0. The second-order valence-electron chi connectivity index (χ2n) is 7.21. The van der Waals surface area contributed by atoms with Crippen molar-refractivity contribution in [3.63, 3.8) is 0 Å². The second-order valence-corrected chi connectivity index (χ2v) is 7.21. The van der Waals surface area contributed by atoms with Gasteiger partial charge in [-0.2, -0.15) is 0 Å². The molecule has 4 rings (SSSR count). The van der Waals surface area contributed by atoms with E-state index < -0.39 is 0 Å². The van der Waals surface area contributed by atoms with Crippen LogP contribution in [0.5, 0.6) is 23.0 Å². The Balaban J connectivity index is 1.54. The minimum Gasteiger partial charge on any atom is -0.493 e. The van der Waals surface area contributed by atoms with Crippen molar-refractivity contribution in [2.24, 2.45) is 0 Å². The van der Waals surface area contributed by atoms with Crippen LogP contribution < -0.4 is 18.9 Å². The SMILES string of the molecule is COc1cccc(/C=C2\Oc3c(ccc(OC/C=C/c4ccccc4)c3C)C2=O)c1OC. The number of benzene rings is 3. The number of methoxy groups -OCH3 is 2. The quantitative estimate of drug-likeness (QED) is 0.451. The van der Waals surface area contributed by atoms with Gasteiger partial charge in [0.15, 0.2) is 17.3 Å². The third-order valence-electron chi connectivity index (χ3n) is 5.20. The number of ketones is 1. The summed E-state index contributed by atoms with van der Waals surface area (Å²) in [5, 5.41) is 0. The van der Waals surface area contributed by atoms with E-state index in [-0.39, 0.29) is 11.5 Å². The first-order chi connectivity index (χ1) is 15.6. The second kappa shape index (κ2) is 9.43. The first-order valence-corrected chi connectivity index (χ1v) is 10.3. The van der Waals surface area contributed by atoms with Crippen LogP contribution in [-0.4, -0.2) is 26.6 Å². The minimum atomic E-state index is -0.177. The first-order valence-electron chi connectivity index (χ1n) is 10.3. The van der Waals surface area contributed by atoms with Gasteiger partial charge < -0.3 is 18.9 Å². The number of fused-ring (bicyclic) bond motifs is 1. The molecule has 0 bridgehead atoms. The molecule has 0 saturated carbocycles. The molecular weight excluding hydrogens is 404 g/mol. The van der Waals surface area contributed by atoms with Gasteiger partial charge in [0.1, 0.15) is 18.1 Å². The highest BCUT2D eigenvalue weighted by molar-refractivity contribution is 6.15. The average Bonchev–Trinajstić information content (AvgIpc) is 3.14. The fourth-order valence-electron chi connectivity index (χ4n) is 3.58. The van der Waals surface area contributed by atoms with Crippen molar-refractivity contribution in [2.45, 2.75) is 6.92 Å². The van der Waals surface area contributed by atoms with E-state index in [1.165, 1.54) is 0 Å². The number of carbonyl (C=O) groups excluding carboxylic acids is 1. The molecular formula is C27H24O5. The van der Waals surface area contributed by atoms with Gasteiger partial charge in [-0.15, -0.1) is 0 Å². The summed E-state index contributed by atoms with van der Waals surface area (Å²) in [5.74, 6) is 2.38. The summed E-state index contributed by atoms with van der Waals surface area (Å²) < 4.78 is 22.7. The van der Waals surface area contributed by atoms with E-state index in [9.17, 15) is 4.79 Å². The van der Waals surface area contributed by atoms with Crippen LogP contribution in [0.25, 0.3) is 12.2 Å². The van der Waals surface area contributed by atoms with Gasteiger partial charge in [-0.3, -0.25) is 4.79 Å². The third kappa shape index (κ3) is 4.23. The molecule has 162 valence electrons. The lowest BCUT2D eigenvalue weighted by Crippen LogP contribution is -1.99. The summed E-state index contributed by atoms with van der Waals surface area (Å²) in [6, 6.07) is 19.0. The van der Waals surface area contributed by atoms with Gasteiger partial charge in [0.25, 0.3) is 0 Å². The lowest BCUT2D eigenvalue weighted by molar-refractivity contribution is 0.101. The molecule has 3 aromatic carbocycles.